The van der Waals surface area contributed by atoms with E-state index in [0.29, 0.717) is 32.7 Å². The lowest BCUT2D eigenvalue weighted by molar-refractivity contribution is 0.0955. The Morgan fingerprint density at radius 2 is 1.79 bits per heavy atom. The van der Waals surface area contributed by atoms with Gasteiger partial charge in [-0.25, -0.2) is 5.43 Å². The molecule has 1 heterocycles. The van der Waals surface area contributed by atoms with Crippen LogP contribution in [0.3, 0.4) is 0 Å². The number of amides is 1. The fourth-order valence-corrected chi connectivity index (χ4v) is 2.46. The van der Waals surface area contributed by atoms with Gasteiger partial charge in [-0.1, -0.05) is 47.5 Å². The number of hydrogen-bond donors (Lipinski definition) is 1. The standard InChI is InChI=1S/C18H12Cl2N2O2/c19-15-8-4-7-14(17(15)20)16-10-9-13(24-16)11-21-22-18(23)12-5-2-1-3-6-12/h1-11H,(H,22,23)/b21-11+. The smallest absolute Gasteiger partial charge is 0.271 e. The third-order valence-corrected chi connectivity index (χ3v) is 4.06. The summed E-state index contributed by atoms with van der Waals surface area (Å²) < 4.78 is 5.65. The van der Waals surface area contributed by atoms with Crippen molar-refractivity contribution in [2.24, 2.45) is 5.10 Å². The number of benzene rings is 2. The van der Waals surface area contributed by atoms with Crippen molar-refractivity contribution in [3.63, 3.8) is 0 Å². The summed E-state index contributed by atoms with van der Waals surface area (Å²) in [4.78, 5) is 11.9. The molecular formula is C18H12Cl2N2O2. The first-order valence-corrected chi connectivity index (χ1v) is 7.83. The summed E-state index contributed by atoms with van der Waals surface area (Å²) in [7, 11) is 0. The molecule has 0 aliphatic heterocycles. The van der Waals surface area contributed by atoms with Gasteiger partial charge in [0.25, 0.3) is 5.91 Å². The van der Waals surface area contributed by atoms with Gasteiger partial charge in [0, 0.05) is 11.1 Å². The van der Waals surface area contributed by atoms with Gasteiger partial charge in [0.15, 0.2) is 0 Å². The van der Waals surface area contributed by atoms with E-state index in [1.807, 2.05) is 12.1 Å². The Kier molecular flexibility index (Phi) is 4.99. The number of rotatable bonds is 4. The van der Waals surface area contributed by atoms with E-state index in [2.05, 4.69) is 10.5 Å². The lowest BCUT2D eigenvalue weighted by Crippen LogP contribution is -2.17. The van der Waals surface area contributed by atoms with Crippen LogP contribution in [0.4, 0.5) is 0 Å². The molecule has 24 heavy (non-hydrogen) atoms. The maximum Gasteiger partial charge on any atom is 0.271 e. The van der Waals surface area contributed by atoms with Gasteiger partial charge >= 0.3 is 0 Å². The zero-order valence-corrected chi connectivity index (χ0v) is 13.9. The van der Waals surface area contributed by atoms with E-state index in [-0.39, 0.29) is 5.91 Å². The number of carbonyl (C=O) groups is 1. The van der Waals surface area contributed by atoms with Crippen molar-refractivity contribution in [1.29, 1.82) is 0 Å². The minimum atomic E-state index is -0.295. The predicted molar refractivity (Wildman–Crippen MR) is 95.7 cm³/mol. The minimum Gasteiger partial charge on any atom is -0.455 e. The van der Waals surface area contributed by atoms with E-state index < -0.39 is 0 Å². The van der Waals surface area contributed by atoms with E-state index >= 15 is 0 Å². The highest BCUT2D eigenvalue weighted by atomic mass is 35.5. The molecular weight excluding hydrogens is 347 g/mol. The Balaban J connectivity index is 1.70. The molecule has 0 saturated heterocycles. The van der Waals surface area contributed by atoms with Crippen molar-refractivity contribution in [3.05, 3.63) is 82.0 Å². The molecule has 2 aromatic carbocycles. The molecule has 120 valence electrons. The topological polar surface area (TPSA) is 54.6 Å². The van der Waals surface area contributed by atoms with Crippen molar-refractivity contribution < 1.29 is 9.21 Å². The van der Waals surface area contributed by atoms with Crippen LogP contribution >= 0.6 is 23.2 Å². The van der Waals surface area contributed by atoms with Gasteiger partial charge < -0.3 is 4.42 Å². The van der Waals surface area contributed by atoms with Crippen LogP contribution in [0.2, 0.25) is 10.0 Å². The van der Waals surface area contributed by atoms with E-state index in [9.17, 15) is 4.79 Å². The molecule has 6 heteroatoms. The van der Waals surface area contributed by atoms with Crippen LogP contribution in [0.15, 0.2) is 70.2 Å². The maximum absolute atomic E-state index is 11.9. The molecule has 3 aromatic rings. The fraction of sp³-hybridized carbons (Fsp3) is 0. The molecule has 4 nitrogen and oxygen atoms in total. The van der Waals surface area contributed by atoms with Gasteiger partial charge in [-0.05, 0) is 36.4 Å². The van der Waals surface area contributed by atoms with Crippen LogP contribution in [0.1, 0.15) is 16.1 Å². The Hall–Kier alpha value is -2.56. The molecule has 0 spiro atoms. The lowest BCUT2D eigenvalue weighted by atomic mass is 10.2. The van der Waals surface area contributed by atoms with Crippen molar-refractivity contribution in [3.8, 4) is 11.3 Å². The van der Waals surface area contributed by atoms with Gasteiger partial charge in [0.1, 0.15) is 11.5 Å². The normalized spacial score (nSPS) is 10.9. The fourth-order valence-electron chi connectivity index (χ4n) is 2.07. The van der Waals surface area contributed by atoms with Crippen LogP contribution in [0.25, 0.3) is 11.3 Å². The Bertz CT molecular complexity index is 889. The summed E-state index contributed by atoms with van der Waals surface area (Å²) >= 11 is 12.2. The number of halogens is 2. The van der Waals surface area contributed by atoms with Crippen LogP contribution in [0, 0.1) is 0 Å². The molecule has 0 radical (unpaired) electrons. The second kappa shape index (κ2) is 7.34. The van der Waals surface area contributed by atoms with Crippen LogP contribution < -0.4 is 5.43 Å². The van der Waals surface area contributed by atoms with Crippen molar-refractivity contribution in [1.82, 2.24) is 5.43 Å². The lowest BCUT2D eigenvalue weighted by Gasteiger charge is -2.01. The first-order valence-electron chi connectivity index (χ1n) is 7.08. The molecule has 0 fully saturated rings. The highest BCUT2D eigenvalue weighted by Gasteiger charge is 2.10. The van der Waals surface area contributed by atoms with Gasteiger partial charge in [0.2, 0.25) is 0 Å². The zero-order chi connectivity index (χ0) is 16.9. The summed E-state index contributed by atoms with van der Waals surface area (Å²) in [5.41, 5.74) is 3.66. The first kappa shape index (κ1) is 16.3. The number of carbonyl (C=O) groups excluding carboxylic acids is 1. The summed E-state index contributed by atoms with van der Waals surface area (Å²) in [5.74, 6) is 0.754. The predicted octanol–water partition coefficient (Wildman–Crippen LogP) is 5.02. The second-order valence-electron chi connectivity index (χ2n) is 4.87. The van der Waals surface area contributed by atoms with Crippen LogP contribution in [-0.4, -0.2) is 12.1 Å². The SMILES string of the molecule is O=C(N/N=C/c1ccc(-c2cccc(Cl)c2Cl)o1)c1ccccc1. The number of nitrogens with zero attached hydrogens (tertiary/aromatic N) is 1. The quantitative estimate of drug-likeness (QED) is 0.525. The average molecular weight is 359 g/mol. The Morgan fingerprint density at radius 1 is 1.00 bits per heavy atom. The van der Waals surface area contributed by atoms with E-state index in [4.69, 9.17) is 27.6 Å². The summed E-state index contributed by atoms with van der Waals surface area (Å²) in [5, 5.41) is 4.77. The molecule has 0 atom stereocenters. The van der Waals surface area contributed by atoms with Crippen molar-refractivity contribution in [2.45, 2.75) is 0 Å². The number of hydrazone groups is 1. The van der Waals surface area contributed by atoms with Gasteiger partial charge in [0.05, 0.1) is 16.3 Å². The van der Waals surface area contributed by atoms with E-state index in [1.54, 1.807) is 48.5 Å². The molecule has 1 amide bonds. The average Bonchev–Trinajstić information content (AvgIpc) is 3.06. The molecule has 0 aliphatic rings. The molecule has 0 saturated carbocycles. The second-order valence-corrected chi connectivity index (χ2v) is 5.65. The third-order valence-electron chi connectivity index (χ3n) is 3.24. The van der Waals surface area contributed by atoms with Crippen molar-refractivity contribution in [2.75, 3.05) is 0 Å². The Labute approximate surface area is 148 Å². The minimum absolute atomic E-state index is 0.295. The number of furan rings is 1. The maximum atomic E-state index is 11.9. The molecule has 0 aliphatic carbocycles. The third kappa shape index (κ3) is 3.67. The molecule has 0 bridgehead atoms. The first-order chi connectivity index (χ1) is 11.6. The van der Waals surface area contributed by atoms with Crippen molar-refractivity contribution >= 4 is 35.3 Å². The highest BCUT2D eigenvalue weighted by Crippen LogP contribution is 2.34. The summed E-state index contributed by atoms with van der Waals surface area (Å²) in [6.07, 6.45) is 1.42. The summed E-state index contributed by atoms with van der Waals surface area (Å²) in [6, 6.07) is 17.6. The summed E-state index contributed by atoms with van der Waals surface area (Å²) in [6.45, 7) is 0. The largest absolute Gasteiger partial charge is 0.455 e. The highest BCUT2D eigenvalue weighted by molar-refractivity contribution is 6.43. The van der Waals surface area contributed by atoms with Gasteiger partial charge in [-0.3, -0.25) is 4.79 Å². The van der Waals surface area contributed by atoms with E-state index in [1.165, 1.54) is 6.21 Å². The molecule has 3 rings (SSSR count). The number of nitrogens with one attached hydrogen (secondary N) is 1. The van der Waals surface area contributed by atoms with Gasteiger partial charge in [-0.2, -0.15) is 5.10 Å². The molecule has 1 N–H and O–H groups in total. The Morgan fingerprint density at radius 3 is 2.58 bits per heavy atom. The zero-order valence-electron chi connectivity index (χ0n) is 12.4. The molecule has 1 aromatic heterocycles. The van der Waals surface area contributed by atoms with E-state index in [0.717, 1.165) is 0 Å². The van der Waals surface area contributed by atoms with Crippen LogP contribution in [0.5, 0.6) is 0 Å². The molecule has 0 unspecified atom stereocenters. The number of hydrogen-bond acceptors (Lipinski definition) is 3. The monoisotopic (exact) mass is 358 g/mol. The van der Waals surface area contributed by atoms with Gasteiger partial charge in [-0.15, -0.1) is 0 Å². The van der Waals surface area contributed by atoms with Crippen LogP contribution in [-0.2, 0) is 0 Å².